The molecule has 0 unspecified atom stereocenters. The van der Waals surface area contributed by atoms with Crippen molar-refractivity contribution in [1.82, 2.24) is 10.3 Å². The second-order valence-electron chi connectivity index (χ2n) is 7.82. The Kier molecular flexibility index (Phi) is 6.32. The molecular formula is C26H29N3O3. The molecule has 166 valence electrons. The maximum Gasteiger partial charge on any atom is 0.204 e. The molecule has 3 aromatic carbocycles. The lowest BCUT2D eigenvalue weighted by Gasteiger charge is -2.20. The average Bonchev–Trinajstić information content (AvgIpc) is 2.82. The molecule has 6 heteroatoms. The highest BCUT2D eigenvalue weighted by atomic mass is 16.5. The summed E-state index contributed by atoms with van der Waals surface area (Å²) in [6, 6.07) is 18.9. The highest BCUT2D eigenvalue weighted by molar-refractivity contribution is 5.92. The van der Waals surface area contributed by atoms with Crippen LogP contribution in [0.2, 0.25) is 0 Å². The van der Waals surface area contributed by atoms with E-state index in [9.17, 15) is 0 Å². The molecule has 0 aliphatic carbocycles. The predicted molar refractivity (Wildman–Crippen MR) is 130 cm³/mol. The molecule has 0 spiro atoms. The number of benzene rings is 3. The van der Waals surface area contributed by atoms with Gasteiger partial charge in [-0.1, -0.05) is 42.5 Å². The van der Waals surface area contributed by atoms with Crippen LogP contribution in [0.3, 0.4) is 0 Å². The van der Waals surface area contributed by atoms with Gasteiger partial charge < -0.3 is 24.4 Å². The van der Waals surface area contributed by atoms with Crippen molar-refractivity contribution in [2.24, 2.45) is 0 Å². The van der Waals surface area contributed by atoms with E-state index in [1.807, 2.05) is 25.1 Å². The molecule has 0 aliphatic heterocycles. The maximum absolute atomic E-state index is 5.69. The third-order valence-electron chi connectivity index (χ3n) is 5.61. The van der Waals surface area contributed by atoms with Gasteiger partial charge in [0.25, 0.3) is 0 Å². The van der Waals surface area contributed by atoms with Crippen molar-refractivity contribution in [3.63, 3.8) is 0 Å². The van der Waals surface area contributed by atoms with Crippen molar-refractivity contribution in [2.45, 2.75) is 13.1 Å². The van der Waals surface area contributed by atoms with Gasteiger partial charge in [-0.2, -0.15) is 0 Å². The lowest BCUT2D eigenvalue weighted by atomic mass is 10.0. The molecule has 0 fully saturated rings. The summed E-state index contributed by atoms with van der Waals surface area (Å²) in [7, 11) is 8.86. The molecule has 0 atom stereocenters. The highest BCUT2D eigenvalue weighted by Gasteiger charge is 2.19. The number of ether oxygens (including phenoxy) is 3. The molecule has 4 aromatic rings. The summed E-state index contributed by atoms with van der Waals surface area (Å²) in [4.78, 5) is 6.94. The molecule has 0 saturated heterocycles. The van der Waals surface area contributed by atoms with Crippen LogP contribution in [-0.2, 0) is 13.1 Å². The fourth-order valence-corrected chi connectivity index (χ4v) is 4.12. The predicted octanol–water partition coefficient (Wildman–Crippen LogP) is 4.77. The van der Waals surface area contributed by atoms with Crippen molar-refractivity contribution in [2.75, 3.05) is 40.3 Å². The minimum Gasteiger partial charge on any atom is -0.493 e. The van der Waals surface area contributed by atoms with E-state index in [1.54, 1.807) is 21.3 Å². The van der Waals surface area contributed by atoms with E-state index < -0.39 is 0 Å². The van der Waals surface area contributed by atoms with E-state index in [1.165, 1.54) is 16.3 Å². The molecule has 0 aliphatic rings. The quantitative estimate of drug-likeness (QED) is 0.434. The number of nitrogens with one attached hydrogen (secondary N) is 1. The number of anilines is 1. The Hall–Kier alpha value is -3.51. The monoisotopic (exact) mass is 431 g/mol. The van der Waals surface area contributed by atoms with Gasteiger partial charge in [-0.15, -0.1) is 0 Å². The molecule has 1 heterocycles. The lowest BCUT2D eigenvalue weighted by Crippen LogP contribution is -2.19. The van der Waals surface area contributed by atoms with Crippen molar-refractivity contribution in [3.8, 4) is 17.2 Å². The first-order valence-corrected chi connectivity index (χ1v) is 10.5. The molecule has 4 rings (SSSR count). The van der Waals surface area contributed by atoms with Crippen LogP contribution in [0, 0.1) is 0 Å². The number of fused-ring (bicyclic) bond motifs is 2. The minimum absolute atomic E-state index is 0.566. The zero-order valence-corrected chi connectivity index (χ0v) is 19.2. The van der Waals surface area contributed by atoms with E-state index in [4.69, 9.17) is 19.2 Å². The van der Waals surface area contributed by atoms with Crippen LogP contribution in [-0.4, -0.2) is 40.4 Å². The van der Waals surface area contributed by atoms with Crippen molar-refractivity contribution < 1.29 is 14.2 Å². The summed E-state index contributed by atoms with van der Waals surface area (Å²) in [5.41, 5.74) is 3.14. The number of methoxy groups -OCH3 is 3. The summed E-state index contributed by atoms with van der Waals surface area (Å²) in [5, 5.41) is 7.00. The van der Waals surface area contributed by atoms with Gasteiger partial charge in [-0.05, 0) is 22.4 Å². The van der Waals surface area contributed by atoms with E-state index in [0.29, 0.717) is 23.8 Å². The number of nitrogens with zero attached hydrogens (tertiary/aromatic N) is 2. The van der Waals surface area contributed by atoms with Gasteiger partial charge in [-0.3, -0.25) is 0 Å². The second-order valence-corrected chi connectivity index (χ2v) is 7.82. The Morgan fingerprint density at radius 2 is 1.50 bits per heavy atom. The minimum atomic E-state index is 0.566. The first-order chi connectivity index (χ1) is 15.6. The van der Waals surface area contributed by atoms with Crippen LogP contribution in [0.15, 0.2) is 54.6 Å². The summed E-state index contributed by atoms with van der Waals surface area (Å²) in [6.45, 7) is 1.42. The van der Waals surface area contributed by atoms with Crippen molar-refractivity contribution >= 4 is 27.5 Å². The van der Waals surface area contributed by atoms with Gasteiger partial charge in [-0.25, -0.2) is 4.98 Å². The number of pyridine rings is 1. The fourth-order valence-electron chi connectivity index (χ4n) is 4.12. The summed E-state index contributed by atoms with van der Waals surface area (Å²) in [6.07, 6.45) is 0. The van der Waals surface area contributed by atoms with Crippen molar-refractivity contribution in [1.29, 1.82) is 0 Å². The Labute approximate surface area is 188 Å². The molecule has 0 amide bonds. The molecular weight excluding hydrogens is 402 g/mol. The van der Waals surface area contributed by atoms with E-state index in [0.717, 1.165) is 28.8 Å². The normalized spacial score (nSPS) is 11.0. The average molecular weight is 432 g/mol. The van der Waals surface area contributed by atoms with Gasteiger partial charge >= 0.3 is 0 Å². The Morgan fingerprint density at radius 1 is 0.781 bits per heavy atom. The van der Waals surface area contributed by atoms with Crippen LogP contribution in [0.25, 0.3) is 21.7 Å². The SMILES string of the molecule is COc1cc2nc(N(C)C)c(CNCc3cccc4ccccc34)cc2c(OC)c1OC. The third kappa shape index (κ3) is 4.01. The number of aromatic nitrogens is 1. The van der Waals surface area contributed by atoms with Crippen LogP contribution in [0.1, 0.15) is 11.1 Å². The summed E-state index contributed by atoms with van der Waals surface area (Å²) >= 11 is 0. The molecule has 1 aromatic heterocycles. The first kappa shape index (κ1) is 21.7. The molecule has 32 heavy (non-hydrogen) atoms. The van der Waals surface area contributed by atoms with Crippen LogP contribution in [0.5, 0.6) is 17.2 Å². The van der Waals surface area contributed by atoms with Gasteiger partial charge in [0.15, 0.2) is 11.5 Å². The van der Waals surface area contributed by atoms with Crippen molar-refractivity contribution in [3.05, 3.63) is 65.7 Å². The standard InChI is InChI=1S/C26H29N3O3/c1-29(2)26-19(16-27-15-18-11-8-10-17-9-6-7-12-20(17)18)13-21-22(28-26)14-23(30-3)25(32-5)24(21)31-4/h6-14,27H,15-16H2,1-5H3. The fraction of sp³-hybridized carbons (Fsp3) is 0.269. The largest absolute Gasteiger partial charge is 0.493 e. The molecule has 6 nitrogen and oxygen atoms in total. The Bertz CT molecular complexity index is 1250. The van der Waals surface area contributed by atoms with Crippen LogP contribution < -0.4 is 24.4 Å². The number of hydrogen-bond donors (Lipinski definition) is 1. The second kappa shape index (κ2) is 9.32. The number of hydrogen-bond acceptors (Lipinski definition) is 6. The maximum atomic E-state index is 5.69. The first-order valence-electron chi connectivity index (χ1n) is 10.5. The smallest absolute Gasteiger partial charge is 0.204 e. The molecule has 0 bridgehead atoms. The van der Waals surface area contributed by atoms with E-state index in [-0.39, 0.29) is 0 Å². The zero-order chi connectivity index (χ0) is 22.7. The lowest BCUT2D eigenvalue weighted by molar-refractivity contribution is 0.327. The van der Waals surface area contributed by atoms with E-state index in [2.05, 4.69) is 53.8 Å². The van der Waals surface area contributed by atoms with Gasteiger partial charge in [0, 0.05) is 44.2 Å². The van der Waals surface area contributed by atoms with Crippen LogP contribution >= 0.6 is 0 Å². The Balaban J connectivity index is 1.70. The molecule has 1 N–H and O–H groups in total. The zero-order valence-electron chi connectivity index (χ0n) is 19.2. The summed E-state index contributed by atoms with van der Waals surface area (Å²) in [5.74, 6) is 2.68. The Morgan fingerprint density at radius 3 is 2.22 bits per heavy atom. The highest BCUT2D eigenvalue weighted by Crippen LogP contribution is 2.43. The van der Waals surface area contributed by atoms with Gasteiger partial charge in [0.2, 0.25) is 5.75 Å². The molecule has 0 saturated carbocycles. The number of rotatable bonds is 8. The van der Waals surface area contributed by atoms with Gasteiger partial charge in [0.05, 0.1) is 26.8 Å². The van der Waals surface area contributed by atoms with Gasteiger partial charge in [0.1, 0.15) is 5.82 Å². The summed E-state index contributed by atoms with van der Waals surface area (Å²) < 4.78 is 16.7. The third-order valence-corrected chi connectivity index (χ3v) is 5.61. The topological polar surface area (TPSA) is 55.9 Å². The van der Waals surface area contributed by atoms with Crippen LogP contribution in [0.4, 0.5) is 5.82 Å². The molecule has 0 radical (unpaired) electrons. The van der Waals surface area contributed by atoms with E-state index >= 15 is 0 Å².